The summed E-state index contributed by atoms with van der Waals surface area (Å²) in [5.74, 6) is 1.31. The van der Waals surface area contributed by atoms with Gasteiger partial charge in [0.25, 0.3) is 0 Å². The number of rotatable bonds is 7. The number of ether oxygens (including phenoxy) is 1. The molecule has 1 heterocycles. The molecule has 0 N–H and O–H groups in total. The highest BCUT2D eigenvalue weighted by Gasteiger charge is 2.08. The predicted octanol–water partition coefficient (Wildman–Crippen LogP) is 7.96. The van der Waals surface area contributed by atoms with Gasteiger partial charge in [0, 0.05) is 5.02 Å². The van der Waals surface area contributed by atoms with E-state index >= 15 is 0 Å². The lowest BCUT2D eigenvalue weighted by atomic mass is 10.1. The minimum absolute atomic E-state index is 0.486. The van der Waals surface area contributed by atoms with E-state index in [1.54, 1.807) is 24.5 Å². The monoisotopic (exact) mass is 592 g/mol. The number of aryl methyl sites for hydroxylation is 4. The molecular formula is C28H27Cl3N2O4S. The molecule has 0 unspecified atom stereocenters. The second-order valence-electron chi connectivity index (χ2n) is 7.97. The number of hydrogen-bond donors (Lipinski definition) is 0. The van der Waals surface area contributed by atoms with Gasteiger partial charge in [-0.1, -0.05) is 89.8 Å². The van der Waals surface area contributed by atoms with Crippen molar-refractivity contribution in [3.05, 3.63) is 117 Å². The van der Waals surface area contributed by atoms with Gasteiger partial charge in [0.1, 0.15) is 17.8 Å². The smallest absolute Gasteiger partial charge is 0.425 e. The first-order valence-electron chi connectivity index (χ1n) is 11.7. The van der Waals surface area contributed by atoms with E-state index in [0.29, 0.717) is 20.8 Å². The van der Waals surface area contributed by atoms with Crippen molar-refractivity contribution in [2.24, 2.45) is 0 Å². The van der Waals surface area contributed by atoms with E-state index in [4.69, 9.17) is 52.2 Å². The number of nitrogens with zero attached hydrogens (tertiary/aromatic N) is 2. The molecule has 4 aromatic rings. The predicted molar refractivity (Wildman–Crippen MR) is 152 cm³/mol. The molecule has 38 heavy (non-hydrogen) atoms. The fourth-order valence-electron chi connectivity index (χ4n) is 3.27. The van der Waals surface area contributed by atoms with Crippen LogP contribution in [0.2, 0.25) is 15.1 Å². The van der Waals surface area contributed by atoms with Crippen molar-refractivity contribution in [2.45, 2.75) is 39.5 Å². The largest absolute Gasteiger partial charge is 0.456 e. The highest BCUT2D eigenvalue weighted by Crippen LogP contribution is 2.31. The number of aromatic nitrogens is 2. The molecular weight excluding hydrogens is 567 g/mol. The van der Waals surface area contributed by atoms with E-state index in [9.17, 15) is 0 Å². The SMILES string of the molecule is CCc1ncnc(CCCc2ccc(Oc3ccc(Cl)cc3Cl)cc2)c1Cl.Cc1ccccc1.O=S(=O)=O. The Kier molecular flexibility index (Phi) is 13.8. The second-order valence-corrected chi connectivity index (χ2v) is 9.60. The van der Waals surface area contributed by atoms with E-state index in [1.807, 2.05) is 37.3 Å². The van der Waals surface area contributed by atoms with Gasteiger partial charge in [0.15, 0.2) is 0 Å². The van der Waals surface area contributed by atoms with Crippen LogP contribution >= 0.6 is 34.8 Å². The minimum Gasteiger partial charge on any atom is -0.456 e. The molecule has 0 amide bonds. The molecule has 4 rings (SSSR count). The standard InChI is InChI=1S/C21H19Cl3N2O.C7H8.O3S/c1-2-18-21(24)19(26-13-25-18)5-3-4-14-6-9-16(10-7-14)27-20-11-8-15(22)12-17(20)23;1-7-5-3-2-4-6-7;1-4(2)3/h6-13H,2-5H2,1H3;2-6H,1H3;. The summed E-state index contributed by atoms with van der Waals surface area (Å²) in [6, 6.07) is 23.4. The third-order valence-corrected chi connectivity index (χ3v) is 6.10. The molecule has 0 bridgehead atoms. The highest BCUT2D eigenvalue weighted by molar-refractivity contribution is 7.59. The number of halogens is 3. The Labute approximate surface area is 239 Å². The Morgan fingerprint density at radius 1 is 0.816 bits per heavy atom. The summed E-state index contributed by atoms with van der Waals surface area (Å²) in [6.07, 6.45) is 5.13. The third kappa shape index (κ3) is 11.6. The van der Waals surface area contributed by atoms with Gasteiger partial charge in [0.05, 0.1) is 21.4 Å². The van der Waals surface area contributed by atoms with Crippen LogP contribution in [0.25, 0.3) is 0 Å². The van der Waals surface area contributed by atoms with Gasteiger partial charge in [-0.15, -0.1) is 12.6 Å². The van der Waals surface area contributed by atoms with Crippen LogP contribution in [0.5, 0.6) is 11.5 Å². The zero-order valence-electron chi connectivity index (χ0n) is 20.9. The molecule has 0 aliphatic heterocycles. The Morgan fingerprint density at radius 3 is 2.00 bits per heavy atom. The summed E-state index contributed by atoms with van der Waals surface area (Å²) in [7, 11) is -3.11. The Morgan fingerprint density at radius 2 is 1.45 bits per heavy atom. The van der Waals surface area contributed by atoms with Crippen molar-refractivity contribution in [1.82, 2.24) is 9.97 Å². The third-order valence-electron chi connectivity index (χ3n) is 5.13. The molecule has 0 radical (unpaired) electrons. The van der Waals surface area contributed by atoms with Crippen molar-refractivity contribution in [3.8, 4) is 11.5 Å². The average molecular weight is 594 g/mol. The van der Waals surface area contributed by atoms with Crippen LogP contribution in [0.1, 0.15) is 35.9 Å². The molecule has 3 aromatic carbocycles. The summed E-state index contributed by atoms with van der Waals surface area (Å²) in [6.45, 7) is 4.12. The first-order chi connectivity index (χ1) is 18.2. The molecule has 0 saturated heterocycles. The van der Waals surface area contributed by atoms with Crippen molar-refractivity contribution < 1.29 is 17.4 Å². The fraction of sp³-hybridized carbons (Fsp3) is 0.214. The summed E-state index contributed by atoms with van der Waals surface area (Å²) >= 11 is 18.4. The van der Waals surface area contributed by atoms with Crippen LogP contribution in [-0.4, -0.2) is 22.6 Å². The van der Waals surface area contributed by atoms with E-state index in [1.165, 1.54) is 11.1 Å². The lowest BCUT2D eigenvalue weighted by Crippen LogP contribution is -1.99. The van der Waals surface area contributed by atoms with E-state index in [2.05, 4.69) is 41.2 Å². The van der Waals surface area contributed by atoms with Crippen LogP contribution < -0.4 is 4.74 Å². The zero-order valence-corrected chi connectivity index (χ0v) is 24.0. The lowest BCUT2D eigenvalue weighted by Gasteiger charge is -2.09. The van der Waals surface area contributed by atoms with Crippen molar-refractivity contribution >= 4 is 45.4 Å². The Bertz CT molecular complexity index is 1400. The van der Waals surface area contributed by atoms with Crippen LogP contribution in [0.4, 0.5) is 0 Å². The molecule has 6 nitrogen and oxygen atoms in total. The van der Waals surface area contributed by atoms with Gasteiger partial charge in [-0.3, -0.25) is 0 Å². The van der Waals surface area contributed by atoms with Gasteiger partial charge in [-0.25, -0.2) is 9.97 Å². The summed E-state index contributed by atoms with van der Waals surface area (Å²) in [4.78, 5) is 8.51. The first kappa shape index (κ1) is 31.2. The lowest BCUT2D eigenvalue weighted by molar-refractivity contribution is 0.482. The van der Waals surface area contributed by atoms with Crippen molar-refractivity contribution in [3.63, 3.8) is 0 Å². The molecule has 0 spiro atoms. The topological polar surface area (TPSA) is 86.2 Å². The zero-order chi connectivity index (χ0) is 27.9. The quantitative estimate of drug-likeness (QED) is 0.216. The van der Waals surface area contributed by atoms with E-state index < -0.39 is 10.6 Å². The molecule has 0 atom stereocenters. The summed E-state index contributed by atoms with van der Waals surface area (Å²) in [5.41, 5.74) is 4.37. The fourth-order valence-corrected chi connectivity index (χ4v) is 4.05. The maximum absolute atomic E-state index is 8.44. The number of benzene rings is 3. The second kappa shape index (κ2) is 16.8. The van der Waals surface area contributed by atoms with Gasteiger partial charge in [-0.05, 0) is 68.5 Å². The first-order valence-corrected chi connectivity index (χ1v) is 13.8. The van der Waals surface area contributed by atoms with Gasteiger partial charge >= 0.3 is 10.6 Å². The highest BCUT2D eigenvalue weighted by atomic mass is 35.5. The maximum atomic E-state index is 8.44. The number of hydrogen-bond acceptors (Lipinski definition) is 6. The molecule has 0 fully saturated rings. The van der Waals surface area contributed by atoms with Crippen molar-refractivity contribution in [1.29, 1.82) is 0 Å². The minimum atomic E-state index is -3.11. The van der Waals surface area contributed by atoms with Crippen LogP contribution in [0, 0.1) is 6.92 Å². The van der Waals surface area contributed by atoms with Crippen LogP contribution in [-0.2, 0) is 29.9 Å². The normalized spacial score (nSPS) is 9.92. The summed E-state index contributed by atoms with van der Waals surface area (Å²) in [5, 5.41) is 1.76. The maximum Gasteiger partial charge on any atom is 0.425 e. The van der Waals surface area contributed by atoms with Crippen molar-refractivity contribution in [2.75, 3.05) is 0 Å². The van der Waals surface area contributed by atoms with Gasteiger partial charge in [-0.2, -0.15) is 0 Å². The van der Waals surface area contributed by atoms with Crippen LogP contribution in [0.3, 0.4) is 0 Å². The summed E-state index contributed by atoms with van der Waals surface area (Å²) < 4.78 is 31.1. The Balaban J connectivity index is 0.000000384. The van der Waals surface area contributed by atoms with E-state index in [0.717, 1.165) is 42.8 Å². The van der Waals surface area contributed by atoms with E-state index in [-0.39, 0.29) is 0 Å². The van der Waals surface area contributed by atoms with Gasteiger partial charge < -0.3 is 4.74 Å². The Hall–Kier alpha value is -2.97. The molecule has 0 aliphatic carbocycles. The molecule has 0 saturated carbocycles. The molecule has 10 heteroatoms. The average Bonchev–Trinajstić information content (AvgIpc) is 2.88. The molecule has 200 valence electrons. The van der Waals surface area contributed by atoms with Gasteiger partial charge in [0.2, 0.25) is 0 Å². The molecule has 1 aromatic heterocycles. The molecule has 0 aliphatic rings. The van der Waals surface area contributed by atoms with Crippen LogP contribution in [0.15, 0.2) is 79.1 Å².